The molecule has 1 aromatic heterocycles. The van der Waals surface area contributed by atoms with E-state index in [4.69, 9.17) is 9.97 Å². The zero-order valence-electron chi connectivity index (χ0n) is 19.1. The van der Waals surface area contributed by atoms with Gasteiger partial charge in [-0.15, -0.1) is 0 Å². The van der Waals surface area contributed by atoms with Crippen molar-refractivity contribution in [2.24, 2.45) is 5.92 Å². The molecule has 31 heavy (non-hydrogen) atoms. The molecule has 2 aliphatic rings. The Morgan fingerprint density at radius 3 is 2.48 bits per heavy atom. The molecule has 2 heterocycles. The van der Waals surface area contributed by atoms with E-state index >= 15 is 0 Å². The minimum Gasteiger partial charge on any atom is -0.354 e. The topological polar surface area (TPSA) is 49.3 Å². The second-order valence-corrected chi connectivity index (χ2v) is 9.04. The number of aryl methyl sites for hydroxylation is 2. The molecule has 2 fully saturated rings. The van der Waals surface area contributed by atoms with Crippen molar-refractivity contribution in [1.82, 2.24) is 14.9 Å². The molecular formula is C26H36N4O. The first-order chi connectivity index (χ1) is 15.2. The lowest BCUT2D eigenvalue weighted by Gasteiger charge is -2.29. The fraction of sp³-hybridized carbons (Fsp3) is 0.577. The molecule has 0 spiro atoms. The largest absolute Gasteiger partial charge is 0.354 e. The highest BCUT2D eigenvalue weighted by molar-refractivity contribution is 5.79. The molecule has 1 saturated carbocycles. The van der Waals surface area contributed by atoms with E-state index in [-0.39, 0.29) is 5.92 Å². The van der Waals surface area contributed by atoms with Crippen LogP contribution in [0.4, 0.5) is 5.82 Å². The van der Waals surface area contributed by atoms with Gasteiger partial charge >= 0.3 is 0 Å². The molecule has 0 atom stereocenters. The standard InChI is InChI=1S/C26H36N4O/c1-3-24-23(19-21-11-6-4-7-12-21)25(28-20(2)27-24)29-15-10-16-30(18-17-29)26(31)22-13-8-5-9-14-22/h4,6-7,11-12,22H,3,5,8-10,13-19H2,1-2H3. The third-order valence-electron chi connectivity index (χ3n) is 6.80. The Kier molecular flexibility index (Phi) is 7.21. The molecule has 0 unspecified atom stereocenters. The van der Waals surface area contributed by atoms with Gasteiger partial charge in [-0.05, 0) is 38.2 Å². The number of carbonyl (C=O) groups is 1. The van der Waals surface area contributed by atoms with Crippen LogP contribution in [0.15, 0.2) is 30.3 Å². The fourth-order valence-electron chi connectivity index (χ4n) is 5.13. The summed E-state index contributed by atoms with van der Waals surface area (Å²) in [6.45, 7) is 7.61. The SMILES string of the molecule is CCc1nc(C)nc(N2CCCN(C(=O)C3CCCCC3)CC2)c1Cc1ccccc1. The Morgan fingerprint density at radius 2 is 1.74 bits per heavy atom. The molecule has 1 saturated heterocycles. The Morgan fingerprint density at radius 1 is 0.968 bits per heavy atom. The number of aromatic nitrogens is 2. The minimum absolute atomic E-state index is 0.252. The second-order valence-electron chi connectivity index (χ2n) is 9.04. The van der Waals surface area contributed by atoms with E-state index in [0.29, 0.717) is 5.91 Å². The Bertz CT molecular complexity index is 876. The zero-order valence-corrected chi connectivity index (χ0v) is 19.1. The van der Waals surface area contributed by atoms with E-state index in [1.54, 1.807) is 0 Å². The van der Waals surface area contributed by atoms with Crippen LogP contribution >= 0.6 is 0 Å². The Balaban J connectivity index is 1.54. The molecule has 5 heteroatoms. The highest BCUT2D eigenvalue weighted by atomic mass is 16.2. The van der Waals surface area contributed by atoms with Gasteiger partial charge in [0.2, 0.25) is 5.91 Å². The molecule has 1 aromatic carbocycles. The van der Waals surface area contributed by atoms with Crippen molar-refractivity contribution in [2.75, 3.05) is 31.1 Å². The van der Waals surface area contributed by atoms with Crippen LogP contribution in [0.1, 0.15) is 68.1 Å². The summed E-state index contributed by atoms with van der Waals surface area (Å²) < 4.78 is 0. The third-order valence-corrected chi connectivity index (χ3v) is 6.80. The number of carbonyl (C=O) groups excluding carboxylic acids is 1. The summed E-state index contributed by atoms with van der Waals surface area (Å²) in [7, 11) is 0. The molecule has 2 aromatic rings. The first kappa shape index (κ1) is 21.8. The normalized spacial score (nSPS) is 18.1. The molecule has 5 nitrogen and oxygen atoms in total. The lowest BCUT2D eigenvalue weighted by Crippen LogP contribution is -2.39. The van der Waals surface area contributed by atoms with Gasteiger partial charge in [-0.1, -0.05) is 56.5 Å². The Hall–Kier alpha value is -2.43. The van der Waals surface area contributed by atoms with E-state index in [0.717, 1.165) is 75.6 Å². The monoisotopic (exact) mass is 420 g/mol. The molecule has 0 bridgehead atoms. The van der Waals surface area contributed by atoms with E-state index in [2.05, 4.69) is 47.1 Å². The third kappa shape index (κ3) is 5.25. The summed E-state index contributed by atoms with van der Waals surface area (Å²) in [5.41, 5.74) is 3.67. The lowest BCUT2D eigenvalue weighted by molar-refractivity contribution is -0.136. The summed E-state index contributed by atoms with van der Waals surface area (Å²) in [5, 5.41) is 0. The van der Waals surface area contributed by atoms with Crippen LogP contribution < -0.4 is 4.90 Å². The molecule has 0 radical (unpaired) electrons. The minimum atomic E-state index is 0.252. The highest BCUT2D eigenvalue weighted by Crippen LogP contribution is 2.28. The quantitative estimate of drug-likeness (QED) is 0.712. The van der Waals surface area contributed by atoms with Gasteiger partial charge in [-0.3, -0.25) is 4.79 Å². The molecule has 4 rings (SSSR count). The summed E-state index contributed by atoms with van der Waals surface area (Å²) in [5.74, 6) is 2.55. The van der Waals surface area contributed by atoms with E-state index in [1.165, 1.54) is 30.4 Å². The summed E-state index contributed by atoms with van der Waals surface area (Å²) in [6.07, 6.45) is 8.59. The van der Waals surface area contributed by atoms with Gasteiger partial charge in [0.1, 0.15) is 11.6 Å². The van der Waals surface area contributed by atoms with Crippen molar-refractivity contribution < 1.29 is 4.79 Å². The van der Waals surface area contributed by atoms with Gasteiger partial charge in [0.25, 0.3) is 0 Å². The van der Waals surface area contributed by atoms with Crippen molar-refractivity contribution >= 4 is 11.7 Å². The van der Waals surface area contributed by atoms with E-state index in [1.807, 2.05) is 6.92 Å². The van der Waals surface area contributed by atoms with Crippen LogP contribution in [0.5, 0.6) is 0 Å². The van der Waals surface area contributed by atoms with Crippen LogP contribution in [0.3, 0.4) is 0 Å². The van der Waals surface area contributed by atoms with Crippen LogP contribution in [0.2, 0.25) is 0 Å². The second kappa shape index (κ2) is 10.3. The van der Waals surface area contributed by atoms with Crippen LogP contribution in [0.25, 0.3) is 0 Å². The highest BCUT2D eigenvalue weighted by Gasteiger charge is 2.28. The average molecular weight is 421 g/mol. The summed E-state index contributed by atoms with van der Waals surface area (Å²) in [4.78, 5) is 27.3. The predicted octanol–water partition coefficient (Wildman–Crippen LogP) is 4.56. The number of nitrogens with zero attached hydrogens (tertiary/aromatic N) is 4. The van der Waals surface area contributed by atoms with Gasteiger partial charge in [0.15, 0.2) is 0 Å². The van der Waals surface area contributed by atoms with Gasteiger partial charge in [0.05, 0.1) is 0 Å². The van der Waals surface area contributed by atoms with Crippen molar-refractivity contribution in [3.05, 3.63) is 53.0 Å². The van der Waals surface area contributed by atoms with Crippen LogP contribution in [0, 0.1) is 12.8 Å². The molecule has 166 valence electrons. The van der Waals surface area contributed by atoms with E-state index < -0.39 is 0 Å². The van der Waals surface area contributed by atoms with Gasteiger partial charge < -0.3 is 9.80 Å². The van der Waals surface area contributed by atoms with Crippen molar-refractivity contribution in [3.8, 4) is 0 Å². The average Bonchev–Trinajstić information content (AvgIpc) is 3.07. The lowest BCUT2D eigenvalue weighted by atomic mass is 9.88. The van der Waals surface area contributed by atoms with Crippen molar-refractivity contribution in [1.29, 1.82) is 0 Å². The van der Waals surface area contributed by atoms with Gasteiger partial charge in [-0.2, -0.15) is 0 Å². The van der Waals surface area contributed by atoms with Crippen molar-refractivity contribution in [3.63, 3.8) is 0 Å². The maximum absolute atomic E-state index is 13.1. The number of anilines is 1. The van der Waals surface area contributed by atoms with Gasteiger partial charge in [-0.25, -0.2) is 9.97 Å². The van der Waals surface area contributed by atoms with Gasteiger partial charge in [0, 0.05) is 49.8 Å². The summed E-state index contributed by atoms with van der Waals surface area (Å²) in [6, 6.07) is 10.6. The van der Waals surface area contributed by atoms with Crippen molar-refractivity contribution in [2.45, 2.75) is 65.2 Å². The first-order valence-corrected chi connectivity index (χ1v) is 12.1. The number of hydrogen-bond acceptors (Lipinski definition) is 4. The molecule has 0 N–H and O–H groups in total. The first-order valence-electron chi connectivity index (χ1n) is 12.1. The van der Waals surface area contributed by atoms with Crippen LogP contribution in [-0.4, -0.2) is 47.0 Å². The molecule has 1 amide bonds. The maximum Gasteiger partial charge on any atom is 0.225 e. The number of benzene rings is 1. The Labute approximate surface area is 186 Å². The summed E-state index contributed by atoms with van der Waals surface area (Å²) >= 11 is 0. The number of hydrogen-bond donors (Lipinski definition) is 0. The number of amides is 1. The fourth-order valence-corrected chi connectivity index (χ4v) is 5.13. The molecular weight excluding hydrogens is 384 g/mol. The number of rotatable bonds is 5. The van der Waals surface area contributed by atoms with E-state index in [9.17, 15) is 4.79 Å². The smallest absolute Gasteiger partial charge is 0.225 e. The van der Waals surface area contributed by atoms with Crippen LogP contribution in [-0.2, 0) is 17.6 Å². The molecule has 1 aliphatic heterocycles. The maximum atomic E-state index is 13.1. The zero-order chi connectivity index (χ0) is 21.6. The molecule has 1 aliphatic carbocycles. The predicted molar refractivity (Wildman–Crippen MR) is 125 cm³/mol.